The van der Waals surface area contributed by atoms with Crippen molar-refractivity contribution in [2.75, 3.05) is 20.6 Å². The lowest BCUT2D eigenvalue weighted by atomic mass is 9.71. The van der Waals surface area contributed by atoms with Gasteiger partial charge in [0.2, 0.25) is 0 Å². The van der Waals surface area contributed by atoms with Crippen LogP contribution in [0.4, 0.5) is 0 Å². The van der Waals surface area contributed by atoms with Gasteiger partial charge in [-0.3, -0.25) is 0 Å². The highest BCUT2D eigenvalue weighted by Gasteiger charge is 2.40. The summed E-state index contributed by atoms with van der Waals surface area (Å²) in [5.74, 6) is 1.44. The molecule has 0 bridgehead atoms. The molecule has 4 heteroatoms. The van der Waals surface area contributed by atoms with Gasteiger partial charge in [0, 0.05) is 28.6 Å². The molecule has 0 spiro atoms. The van der Waals surface area contributed by atoms with Crippen LogP contribution in [-0.2, 0) is 4.79 Å². The highest BCUT2D eigenvalue weighted by atomic mass is 16.1. The first-order chi connectivity index (χ1) is 13.7. The Kier molecular flexibility index (Phi) is 10.0. The van der Waals surface area contributed by atoms with Crippen molar-refractivity contribution in [1.29, 1.82) is 0 Å². The van der Waals surface area contributed by atoms with Crippen LogP contribution in [0, 0.1) is 11.8 Å². The quantitative estimate of drug-likeness (QED) is 0.538. The van der Waals surface area contributed by atoms with Crippen LogP contribution in [0.2, 0.25) is 0 Å². The minimum Gasteiger partial charge on any atom is -0.309 e. The van der Waals surface area contributed by atoms with E-state index in [9.17, 15) is 4.79 Å². The van der Waals surface area contributed by atoms with Gasteiger partial charge in [0.1, 0.15) is 6.29 Å². The van der Waals surface area contributed by atoms with Crippen molar-refractivity contribution in [2.24, 2.45) is 11.8 Å². The summed E-state index contributed by atoms with van der Waals surface area (Å²) < 4.78 is 0. The molecule has 178 valence electrons. The zero-order valence-corrected chi connectivity index (χ0v) is 22.0. The zero-order chi connectivity index (χ0) is 23.2. The molecule has 2 heterocycles. The summed E-state index contributed by atoms with van der Waals surface area (Å²) in [6, 6.07) is 0. The van der Waals surface area contributed by atoms with Gasteiger partial charge in [0.15, 0.2) is 0 Å². The summed E-state index contributed by atoms with van der Waals surface area (Å²) in [6.07, 6.45) is 10.3. The number of nitrogens with zero attached hydrogens (tertiary/aromatic N) is 1. The van der Waals surface area contributed by atoms with E-state index in [4.69, 9.17) is 0 Å². The Hall–Kier alpha value is -0.450. The predicted molar refractivity (Wildman–Crippen MR) is 131 cm³/mol. The molecule has 2 fully saturated rings. The maximum Gasteiger partial charge on any atom is 0.120 e. The first-order valence-corrected chi connectivity index (χ1v) is 12.3. The predicted octanol–water partition coefficient (Wildman–Crippen LogP) is 5.41. The van der Waals surface area contributed by atoms with E-state index in [-0.39, 0.29) is 11.1 Å². The molecule has 2 saturated heterocycles. The van der Waals surface area contributed by atoms with Gasteiger partial charge in [-0.25, -0.2) is 0 Å². The third-order valence-corrected chi connectivity index (χ3v) is 7.33. The summed E-state index contributed by atoms with van der Waals surface area (Å²) in [4.78, 5) is 12.9. The van der Waals surface area contributed by atoms with Gasteiger partial charge in [-0.1, -0.05) is 13.8 Å². The first kappa shape index (κ1) is 27.6. The summed E-state index contributed by atoms with van der Waals surface area (Å²) in [6.45, 7) is 19.6. The molecule has 0 aromatic carbocycles. The molecule has 2 atom stereocenters. The third-order valence-electron chi connectivity index (χ3n) is 7.33. The minimum atomic E-state index is 0.219. The molecule has 2 aliphatic rings. The number of nitrogens with one attached hydrogen (secondary N) is 2. The molecule has 2 unspecified atom stereocenters. The number of hydrogen-bond acceptors (Lipinski definition) is 4. The highest BCUT2D eigenvalue weighted by Crippen LogP contribution is 2.37. The van der Waals surface area contributed by atoms with Crippen molar-refractivity contribution in [3.05, 3.63) is 0 Å². The monoisotopic (exact) mass is 423 g/mol. The fraction of sp³-hybridized carbons (Fsp3) is 0.962. The summed E-state index contributed by atoms with van der Waals surface area (Å²) in [7, 11) is 4.33. The van der Waals surface area contributed by atoms with Crippen LogP contribution < -0.4 is 10.6 Å². The number of carbonyl (C=O) groups is 1. The Morgan fingerprint density at radius 3 is 1.63 bits per heavy atom. The molecular weight excluding hydrogens is 370 g/mol. The molecule has 0 radical (unpaired) electrons. The number of carbonyl (C=O) groups excluding carboxylic acids is 1. The number of aldehydes is 1. The fourth-order valence-electron chi connectivity index (χ4n) is 6.12. The normalized spacial score (nSPS) is 33.6. The van der Waals surface area contributed by atoms with E-state index in [0.717, 1.165) is 44.3 Å². The lowest BCUT2D eigenvalue weighted by Gasteiger charge is -2.49. The van der Waals surface area contributed by atoms with Crippen LogP contribution in [0.5, 0.6) is 0 Å². The average molecular weight is 424 g/mol. The third kappa shape index (κ3) is 9.36. The highest BCUT2D eigenvalue weighted by molar-refractivity contribution is 5.49. The van der Waals surface area contributed by atoms with Gasteiger partial charge in [0.05, 0.1) is 0 Å². The molecule has 4 nitrogen and oxygen atoms in total. The van der Waals surface area contributed by atoms with Gasteiger partial charge in [-0.05, 0) is 119 Å². The standard InChI is InChI=1S/C13H28N2.C13H25NO/c1-12(2)9-11(7-8-15(5)6)10-13(3,4)14-12;1-5-12(3)9-11(7-8-15)10-13(4,6-2)14-12/h11,14H,7-10H2,1-6H3;8,11,14H,5-7,9-10H2,1-4H3. The molecule has 0 saturated carbocycles. The molecule has 0 aliphatic carbocycles. The van der Waals surface area contributed by atoms with E-state index in [0.29, 0.717) is 17.0 Å². The SMILES string of the molecule is CCC1(C)CC(CC=O)CC(C)(CC)N1.CN(C)CCC1CC(C)(C)NC(C)(C)C1. The molecule has 2 N–H and O–H groups in total. The average Bonchev–Trinajstić information content (AvgIpc) is 2.57. The fourth-order valence-corrected chi connectivity index (χ4v) is 6.12. The molecule has 0 aromatic heterocycles. The van der Waals surface area contributed by atoms with Crippen LogP contribution in [-0.4, -0.2) is 54.0 Å². The van der Waals surface area contributed by atoms with E-state index in [2.05, 4.69) is 85.0 Å². The maximum atomic E-state index is 10.7. The Morgan fingerprint density at radius 1 is 0.800 bits per heavy atom. The smallest absolute Gasteiger partial charge is 0.120 e. The van der Waals surface area contributed by atoms with Crippen molar-refractivity contribution < 1.29 is 4.79 Å². The lowest BCUT2D eigenvalue weighted by Crippen LogP contribution is -2.60. The van der Waals surface area contributed by atoms with Crippen LogP contribution in [0.1, 0.15) is 107 Å². The molecule has 2 aliphatic heterocycles. The molecule has 30 heavy (non-hydrogen) atoms. The van der Waals surface area contributed by atoms with Gasteiger partial charge < -0.3 is 20.3 Å². The van der Waals surface area contributed by atoms with Crippen LogP contribution in [0.3, 0.4) is 0 Å². The van der Waals surface area contributed by atoms with Crippen LogP contribution >= 0.6 is 0 Å². The van der Waals surface area contributed by atoms with Gasteiger partial charge >= 0.3 is 0 Å². The van der Waals surface area contributed by atoms with E-state index >= 15 is 0 Å². The van der Waals surface area contributed by atoms with Crippen molar-refractivity contribution in [2.45, 2.75) is 129 Å². The first-order valence-electron chi connectivity index (χ1n) is 12.3. The van der Waals surface area contributed by atoms with Gasteiger partial charge in [-0.15, -0.1) is 0 Å². The van der Waals surface area contributed by atoms with Gasteiger partial charge in [0.25, 0.3) is 0 Å². The second kappa shape index (κ2) is 10.9. The molecule has 0 aromatic rings. The zero-order valence-electron chi connectivity index (χ0n) is 22.0. The lowest BCUT2D eigenvalue weighted by molar-refractivity contribution is -0.109. The van der Waals surface area contributed by atoms with Crippen molar-refractivity contribution in [3.8, 4) is 0 Å². The second-order valence-electron chi connectivity index (χ2n) is 12.4. The topological polar surface area (TPSA) is 44.4 Å². The van der Waals surface area contributed by atoms with E-state index in [1.165, 1.54) is 25.8 Å². The number of hydrogen-bond donors (Lipinski definition) is 2. The molecule has 0 amide bonds. The number of piperidine rings is 2. The summed E-state index contributed by atoms with van der Waals surface area (Å²) >= 11 is 0. The summed E-state index contributed by atoms with van der Waals surface area (Å²) in [5.41, 5.74) is 1.05. The summed E-state index contributed by atoms with van der Waals surface area (Å²) in [5, 5.41) is 7.51. The van der Waals surface area contributed by atoms with E-state index in [1.54, 1.807) is 0 Å². The largest absolute Gasteiger partial charge is 0.309 e. The Balaban J connectivity index is 0.000000300. The maximum absolute atomic E-state index is 10.7. The van der Waals surface area contributed by atoms with Crippen molar-refractivity contribution in [3.63, 3.8) is 0 Å². The molecular formula is C26H53N3O. The van der Waals surface area contributed by atoms with Crippen molar-refractivity contribution >= 4 is 6.29 Å². The number of rotatable bonds is 7. The Bertz CT molecular complexity index is 496. The van der Waals surface area contributed by atoms with Crippen LogP contribution in [0.15, 0.2) is 0 Å². The van der Waals surface area contributed by atoms with Gasteiger partial charge in [-0.2, -0.15) is 0 Å². The Morgan fingerprint density at radius 2 is 1.27 bits per heavy atom. The van der Waals surface area contributed by atoms with E-state index in [1.807, 2.05) is 0 Å². The second-order valence-corrected chi connectivity index (χ2v) is 12.4. The van der Waals surface area contributed by atoms with Crippen LogP contribution in [0.25, 0.3) is 0 Å². The van der Waals surface area contributed by atoms with E-state index < -0.39 is 0 Å². The van der Waals surface area contributed by atoms with Crippen molar-refractivity contribution in [1.82, 2.24) is 15.5 Å². The minimum absolute atomic E-state index is 0.219. The molecule has 2 rings (SSSR count). The Labute approximate surface area is 188 Å².